The molecular formula is C12H11F3N2O2S2. The van der Waals surface area contributed by atoms with Crippen molar-refractivity contribution in [3.8, 4) is 10.6 Å². The molecule has 0 radical (unpaired) electrons. The van der Waals surface area contributed by atoms with Gasteiger partial charge in [-0.3, -0.25) is 9.69 Å². The third-order valence-corrected chi connectivity index (χ3v) is 4.09. The Morgan fingerprint density at radius 3 is 2.71 bits per heavy atom. The van der Waals surface area contributed by atoms with E-state index in [4.69, 9.17) is 5.11 Å². The lowest BCUT2D eigenvalue weighted by atomic mass is 10.3. The number of thiophene rings is 1. The molecular weight excluding hydrogens is 325 g/mol. The summed E-state index contributed by atoms with van der Waals surface area (Å²) < 4.78 is 37.3. The van der Waals surface area contributed by atoms with E-state index in [0.29, 0.717) is 10.7 Å². The van der Waals surface area contributed by atoms with Crippen molar-refractivity contribution in [3.63, 3.8) is 0 Å². The lowest BCUT2D eigenvalue weighted by Gasteiger charge is -2.20. The monoisotopic (exact) mass is 336 g/mol. The Kier molecular flexibility index (Phi) is 4.96. The molecule has 0 spiro atoms. The second-order valence-electron chi connectivity index (χ2n) is 4.31. The zero-order valence-electron chi connectivity index (χ0n) is 10.6. The molecule has 0 saturated heterocycles. The van der Waals surface area contributed by atoms with Crippen LogP contribution in [0.5, 0.6) is 0 Å². The van der Waals surface area contributed by atoms with E-state index in [1.165, 1.54) is 22.7 Å². The van der Waals surface area contributed by atoms with Crippen molar-refractivity contribution < 1.29 is 23.1 Å². The number of nitrogens with zero attached hydrogens (tertiary/aromatic N) is 2. The van der Waals surface area contributed by atoms with E-state index in [1.54, 1.807) is 5.38 Å². The van der Waals surface area contributed by atoms with Crippen molar-refractivity contribution in [1.29, 1.82) is 0 Å². The van der Waals surface area contributed by atoms with Gasteiger partial charge >= 0.3 is 12.1 Å². The van der Waals surface area contributed by atoms with Gasteiger partial charge in [-0.2, -0.15) is 24.5 Å². The molecule has 2 rings (SSSR count). The van der Waals surface area contributed by atoms with Gasteiger partial charge in [-0.1, -0.05) is 0 Å². The zero-order chi connectivity index (χ0) is 15.5. The van der Waals surface area contributed by atoms with Crippen LogP contribution in [0.15, 0.2) is 22.2 Å². The van der Waals surface area contributed by atoms with E-state index in [-0.39, 0.29) is 6.54 Å². The minimum atomic E-state index is -4.44. The fraction of sp³-hybridized carbons (Fsp3) is 0.333. The van der Waals surface area contributed by atoms with Crippen LogP contribution >= 0.6 is 22.7 Å². The summed E-state index contributed by atoms with van der Waals surface area (Å²) in [5.41, 5.74) is 1.35. The highest BCUT2D eigenvalue weighted by Gasteiger charge is 2.31. The number of rotatable bonds is 6. The summed E-state index contributed by atoms with van der Waals surface area (Å²) in [4.78, 5) is 15.7. The van der Waals surface area contributed by atoms with Gasteiger partial charge in [-0.05, 0) is 11.4 Å². The number of aromatic nitrogens is 1. The first-order valence-corrected chi connectivity index (χ1v) is 7.63. The van der Waals surface area contributed by atoms with Crippen LogP contribution in [0.2, 0.25) is 0 Å². The average molecular weight is 336 g/mol. The molecule has 0 saturated carbocycles. The fourth-order valence-corrected chi connectivity index (χ4v) is 3.26. The Hall–Kier alpha value is -1.45. The molecule has 0 fully saturated rings. The van der Waals surface area contributed by atoms with Crippen LogP contribution in [0.3, 0.4) is 0 Å². The number of aliphatic carboxylic acids is 1. The lowest BCUT2D eigenvalue weighted by molar-refractivity contribution is -0.154. The Bertz CT molecular complexity index is 596. The predicted molar refractivity (Wildman–Crippen MR) is 74.4 cm³/mol. The van der Waals surface area contributed by atoms with Gasteiger partial charge in [0.2, 0.25) is 0 Å². The molecule has 0 aromatic carbocycles. The van der Waals surface area contributed by atoms with Crippen LogP contribution in [0.1, 0.15) is 5.69 Å². The van der Waals surface area contributed by atoms with Gasteiger partial charge in [0.1, 0.15) is 5.01 Å². The van der Waals surface area contributed by atoms with E-state index in [1.807, 2.05) is 16.8 Å². The molecule has 9 heteroatoms. The van der Waals surface area contributed by atoms with Gasteiger partial charge in [-0.25, -0.2) is 4.98 Å². The van der Waals surface area contributed by atoms with E-state index >= 15 is 0 Å². The number of carbonyl (C=O) groups is 1. The molecule has 0 aliphatic rings. The smallest absolute Gasteiger partial charge is 0.401 e. The second kappa shape index (κ2) is 6.54. The van der Waals surface area contributed by atoms with E-state index in [9.17, 15) is 18.0 Å². The molecule has 114 valence electrons. The highest BCUT2D eigenvalue weighted by molar-refractivity contribution is 7.14. The standard InChI is InChI=1S/C12H11F3N2O2S2/c13-12(14,15)7-17(4-10(18)19)3-9-6-21-11(16-9)8-1-2-20-5-8/h1-2,5-6H,3-4,7H2,(H,18,19). The Morgan fingerprint density at radius 1 is 1.38 bits per heavy atom. The van der Waals surface area contributed by atoms with Gasteiger partial charge in [0.25, 0.3) is 0 Å². The largest absolute Gasteiger partial charge is 0.480 e. The summed E-state index contributed by atoms with van der Waals surface area (Å²) in [6.45, 7) is -2.10. The molecule has 0 unspecified atom stereocenters. The minimum Gasteiger partial charge on any atom is -0.480 e. The number of alkyl halides is 3. The second-order valence-corrected chi connectivity index (χ2v) is 5.95. The highest BCUT2D eigenvalue weighted by atomic mass is 32.1. The van der Waals surface area contributed by atoms with Crippen molar-refractivity contribution in [3.05, 3.63) is 27.9 Å². The van der Waals surface area contributed by atoms with Crippen LogP contribution < -0.4 is 0 Å². The molecule has 21 heavy (non-hydrogen) atoms. The predicted octanol–water partition coefficient (Wildman–Crippen LogP) is 3.32. The van der Waals surface area contributed by atoms with Crippen molar-refractivity contribution in [2.45, 2.75) is 12.7 Å². The maximum absolute atomic E-state index is 12.4. The molecule has 4 nitrogen and oxygen atoms in total. The van der Waals surface area contributed by atoms with Crippen molar-refractivity contribution in [1.82, 2.24) is 9.88 Å². The normalized spacial score (nSPS) is 12.0. The number of halogens is 3. The number of hydrogen-bond acceptors (Lipinski definition) is 5. The van der Waals surface area contributed by atoms with Crippen molar-refractivity contribution in [2.75, 3.05) is 13.1 Å². The molecule has 0 bridgehead atoms. The summed E-state index contributed by atoms with van der Waals surface area (Å²) in [5.74, 6) is -1.30. The van der Waals surface area contributed by atoms with Crippen LogP contribution in [0.25, 0.3) is 10.6 Å². The number of thiazole rings is 1. The summed E-state index contributed by atoms with van der Waals surface area (Å²) in [6.07, 6.45) is -4.44. The fourth-order valence-electron chi connectivity index (χ4n) is 1.74. The summed E-state index contributed by atoms with van der Waals surface area (Å²) in [5, 5.41) is 14.8. The first-order valence-electron chi connectivity index (χ1n) is 5.81. The lowest BCUT2D eigenvalue weighted by Crippen LogP contribution is -2.37. The van der Waals surface area contributed by atoms with E-state index in [0.717, 1.165) is 10.5 Å². The van der Waals surface area contributed by atoms with E-state index in [2.05, 4.69) is 4.98 Å². The summed E-state index contributed by atoms with van der Waals surface area (Å²) in [7, 11) is 0. The number of hydrogen-bond donors (Lipinski definition) is 1. The molecule has 0 atom stereocenters. The SMILES string of the molecule is O=C(O)CN(Cc1csc(-c2ccsc2)n1)CC(F)(F)F. The molecule has 2 aromatic rings. The third-order valence-electron chi connectivity index (χ3n) is 2.47. The molecule has 2 heterocycles. The van der Waals surface area contributed by atoms with E-state index < -0.39 is 25.2 Å². The van der Waals surface area contributed by atoms with Gasteiger partial charge in [0, 0.05) is 22.9 Å². The Labute approximate surface area is 126 Å². The molecule has 2 aromatic heterocycles. The molecule has 1 N–H and O–H groups in total. The van der Waals surface area contributed by atoms with Crippen LogP contribution in [-0.2, 0) is 11.3 Å². The van der Waals surface area contributed by atoms with Crippen LogP contribution in [0.4, 0.5) is 13.2 Å². The Morgan fingerprint density at radius 2 is 2.14 bits per heavy atom. The minimum absolute atomic E-state index is 0.146. The first kappa shape index (κ1) is 15.9. The van der Waals surface area contributed by atoms with Gasteiger partial charge in [-0.15, -0.1) is 11.3 Å². The average Bonchev–Trinajstić information content (AvgIpc) is 2.94. The highest BCUT2D eigenvalue weighted by Crippen LogP contribution is 2.26. The van der Waals surface area contributed by atoms with Gasteiger partial charge < -0.3 is 5.11 Å². The third kappa shape index (κ3) is 5.10. The van der Waals surface area contributed by atoms with Crippen LogP contribution in [-0.4, -0.2) is 40.2 Å². The van der Waals surface area contributed by atoms with Gasteiger partial charge in [0.05, 0.1) is 18.8 Å². The van der Waals surface area contributed by atoms with Crippen molar-refractivity contribution >= 4 is 28.6 Å². The van der Waals surface area contributed by atoms with Crippen molar-refractivity contribution in [2.24, 2.45) is 0 Å². The quantitative estimate of drug-likeness (QED) is 0.879. The molecule has 0 aliphatic heterocycles. The number of carboxylic acid groups (broad SMARTS) is 1. The summed E-state index contributed by atoms with van der Waals surface area (Å²) in [6, 6.07) is 1.87. The Balaban J connectivity index is 2.07. The molecule has 0 aliphatic carbocycles. The summed E-state index contributed by atoms with van der Waals surface area (Å²) >= 11 is 2.83. The topological polar surface area (TPSA) is 53.4 Å². The maximum atomic E-state index is 12.4. The first-order chi connectivity index (χ1) is 9.83. The van der Waals surface area contributed by atoms with Gasteiger partial charge in [0.15, 0.2) is 0 Å². The van der Waals surface area contributed by atoms with Crippen LogP contribution in [0, 0.1) is 0 Å². The molecule has 0 amide bonds. The zero-order valence-corrected chi connectivity index (χ0v) is 12.3. The number of carboxylic acids is 1. The maximum Gasteiger partial charge on any atom is 0.401 e.